The average Bonchev–Trinajstić information content (AvgIpc) is 2.30. The van der Waals surface area contributed by atoms with Gasteiger partial charge in [-0.25, -0.2) is 0 Å². The molecule has 106 valence electrons. The molecule has 0 radical (unpaired) electrons. The number of anilines is 1. The van der Waals surface area contributed by atoms with Crippen LogP contribution in [0, 0.1) is 12.8 Å². The van der Waals surface area contributed by atoms with Gasteiger partial charge < -0.3 is 11.1 Å². The summed E-state index contributed by atoms with van der Waals surface area (Å²) in [5.74, 6) is 0.698. The van der Waals surface area contributed by atoms with Crippen molar-refractivity contribution in [1.29, 1.82) is 0 Å². The molecule has 3 N–H and O–H groups in total. The molecule has 0 aliphatic carbocycles. The summed E-state index contributed by atoms with van der Waals surface area (Å²) in [4.78, 5) is 12.1. The summed E-state index contributed by atoms with van der Waals surface area (Å²) in [7, 11) is 0. The van der Waals surface area contributed by atoms with Gasteiger partial charge in [0, 0.05) is 5.69 Å². The van der Waals surface area contributed by atoms with Crippen LogP contribution >= 0.6 is 0 Å². The second-order valence-electron chi connectivity index (χ2n) is 5.92. The summed E-state index contributed by atoms with van der Waals surface area (Å²) in [5, 5.41) is 3.00. The van der Waals surface area contributed by atoms with Crippen LogP contribution in [-0.2, 0) is 4.79 Å². The van der Waals surface area contributed by atoms with E-state index in [4.69, 9.17) is 5.73 Å². The van der Waals surface area contributed by atoms with Gasteiger partial charge in [-0.05, 0) is 36.3 Å². The normalized spacial score (nSPS) is 12.8. The van der Waals surface area contributed by atoms with E-state index < -0.39 is 6.04 Å². The molecule has 1 rings (SSSR count). The molecule has 19 heavy (non-hydrogen) atoms. The lowest BCUT2D eigenvalue weighted by molar-refractivity contribution is -0.117. The molecule has 0 saturated carbocycles. The lowest BCUT2D eigenvalue weighted by Gasteiger charge is -2.19. The van der Waals surface area contributed by atoms with E-state index in [2.05, 4.69) is 39.1 Å². The zero-order valence-corrected chi connectivity index (χ0v) is 12.7. The number of hydrogen-bond donors (Lipinski definition) is 2. The number of nitrogens with two attached hydrogens (primary N) is 1. The highest BCUT2D eigenvalue weighted by atomic mass is 16.2. The van der Waals surface area contributed by atoms with E-state index in [1.54, 1.807) is 0 Å². The molecule has 0 heterocycles. The van der Waals surface area contributed by atoms with Gasteiger partial charge in [0.25, 0.3) is 0 Å². The first-order valence-electron chi connectivity index (χ1n) is 6.98. The molecule has 0 fully saturated rings. The Labute approximate surface area is 116 Å². The van der Waals surface area contributed by atoms with Gasteiger partial charge in [-0.1, -0.05) is 45.9 Å². The van der Waals surface area contributed by atoms with Crippen LogP contribution in [0.2, 0.25) is 0 Å². The minimum atomic E-state index is -0.445. The van der Waals surface area contributed by atoms with Crippen molar-refractivity contribution in [3.63, 3.8) is 0 Å². The van der Waals surface area contributed by atoms with Crippen LogP contribution in [0.5, 0.6) is 0 Å². The monoisotopic (exact) mass is 262 g/mol. The van der Waals surface area contributed by atoms with Crippen molar-refractivity contribution < 1.29 is 4.79 Å². The van der Waals surface area contributed by atoms with E-state index >= 15 is 0 Å². The van der Waals surface area contributed by atoms with Gasteiger partial charge in [-0.15, -0.1) is 0 Å². The third-order valence-electron chi connectivity index (χ3n) is 3.24. The lowest BCUT2D eigenvalue weighted by atomic mass is 9.97. The van der Waals surface area contributed by atoms with Crippen molar-refractivity contribution in [3.8, 4) is 0 Å². The van der Waals surface area contributed by atoms with Gasteiger partial charge in [-0.3, -0.25) is 4.79 Å². The molecule has 1 aromatic rings. The number of amides is 1. The third-order valence-corrected chi connectivity index (χ3v) is 3.24. The highest BCUT2D eigenvalue weighted by Crippen LogP contribution is 2.27. The third kappa shape index (κ3) is 4.35. The Morgan fingerprint density at radius 1 is 1.26 bits per heavy atom. The number of carbonyl (C=O) groups is 1. The standard InChI is InChI=1S/C16H26N2O/c1-10(2)9-14(17)16(19)18-15-12(5)7-6-8-13(15)11(3)4/h6-8,10-11,14H,9,17H2,1-5H3,(H,18,19)/t14-/m1/s1. The first-order chi connectivity index (χ1) is 8.82. The van der Waals surface area contributed by atoms with E-state index in [0.29, 0.717) is 18.3 Å². The molecule has 1 atom stereocenters. The molecule has 3 nitrogen and oxygen atoms in total. The van der Waals surface area contributed by atoms with E-state index in [1.807, 2.05) is 19.1 Å². The van der Waals surface area contributed by atoms with Gasteiger partial charge in [0.05, 0.1) is 6.04 Å². The zero-order valence-electron chi connectivity index (χ0n) is 12.7. The second-order valence-corrected chi connectivity index (χ2v) is 5.92. The van der Waals surface area contributed by atoms with Crippen LogP contribution in [0.1, 0.15) is 51.2 Å². The summed E-state index contributed by atoms with van der Waals surface area (Å²) in [6.45, 7) is 10.4. The zero-order chi connectivity index (χ0) is 14.6. The van der Waals surface area contributed by atoms with Crippen molar-refractivity contribution in [1.82, 2.24) is 0 Å². The molecule has 3 heteroatoms. The minimum Gasteiger partial charge on any atom is -0.324 e. The van der Waals surface area contributed by atoms with E-state index in [9.17, 15) is 4.79 Å². The first kappa shape index (κ1) is 15.7. The largest absolute Gasteiger partial charge is 0.324 e. The van der Waals surface area contributed by atoms with Crippen LogP contribution < -0.4 is 11.1 Å². The van der Waals surface area contributed by atoms with Crippen molar-refractivity contribution >= 4 is 11.6 Å². The SMILES string of the molecule is Cc1cccc(C(C)C)c1NC(=O)[C@H](N)CC(C)C. The van der Waals surface area contributed by atoms with Crippen LogP contribution in [0.25, 0.3) is 0 Å². The molecular weight excluding hydrogens is 236 g/mol. The molecule has 0 spiro atoms. The predicted octanol–water partition coefficient (Wildman–Crippen LogP) is 3.43. The Morgan fingerprint density at radius 2 is 1.89 bits per heavy atom. The van der Waals surface area contributed by atoms with Crippen LogP contribution in [0.15, 0.2) is 18.2 Å². The van der Waals surface area contributed by atoms with Crippen LogP contribution in [0.3, 0.4) is 0 Å². The van der Waals surface area contributed by atoms with Gasteiger partial charge in [-0.2, -0.15) is 0 Å². The second kappa shape index (κ2) is 6.71. The summed E-state index contributed by atoms with van der Waals surface area (Å²) >= 11 is 0. The number of carbonyl (C=O) groups excluding carboxylic acids is 1. The van der Waals surface area contributed by atoms with Crippen molar-refractivity contribution in [2.75, 3.05) is 5.32 Å². The molecule has 1 amide bonds. The number of benzene rings is 1. The highest BCUT2D eigenvalue weighted by molar-refractivity contribution is 5.96. The fourth-order valence-corrected chi connectivity index (χ4v) is 2.17. The van der Waals surface area contributed by atoms with E-state index in [1.165, 1.54) is 0 Å². The maximum atomic E-state index is 12.1. The van der Waals surface area contributed by atoms with Crippen LogP contribution in [0.4, 0.5) is 5.69 Å². The molecule has 0 aliphatic rings. The van der Waals surface area contributed by atoms with E-state index in [-0.39, 0.29) is 5.91 Å². The Hall–Kier alpha value is -1.35. The number of nitrogens with one attached hydrogen (secondary N) is 1. The molecule has 1 aromatic carbocycles. The predicted molar refractivity (Wildman–Crippen MR) is 81.3 cm³/mol. The maximum absolute atomic E-state index is 12.1. The van der Waals surface area contributed by atoms with Crippen LogP contribution in [-0.4, -0.2) is 11.9 Å². The van der Waals surface area contributed by atoms with Crippen molar-refractivity contribution in [2.45, 2.75) is 53.0 Å². The molecule has 0 aromatic heterocycles. The lowest BCUT2D eigenvalue weighted by Crippen LogP contribution is -2.37. The van der Waals surface area contributed by atoms with Gasteiger partial charge >= 0.3 is 0 Å². The average molecular weight is 262 g/mol. The maximum Gasteiger partial charge on any atom is 0.241 e. The number of aryl methyl sites for hydroxylation is 1. The Morgan fingerprint density at radius 3 is 2.42 bits per heavy atom. The summed E-state index contributed by atoms with van der Waals surface area (Å²) < 4.78 is 0. The topological polar surface area (TPSA) is 55.1 Å². The highest BCUT2D eigenvalue weighted by Gasteiger charge is 2.18. The Kier molecular flexibility index (Phi) is 5.55. The molecule has 0 bridgehead atoms. The number of hydrogen-bond acceptors (Lipinski definition) is 2. The van der Waals surface area contributed by atoms with Gasteiger partial charge in [0.1, 0.15) is 0 Å². The van der Waals surface area contributed by atoms with E-state index in [0.717, 1.165) is 16.8 Å². The number of rotatable bonds is 5. The van der Waals surface area contributed by atoms with Crippen molar-refractivity contribution in [2.24, 2.45) is 11.7 Å². The summed E-state index contributed by atoms with van der Waals surface area (Å²) in [5.41, 5.74) is 9.09. The fraction of sp³-hybridized carbons (Fsp3) is 0.562. The summed E-state index contributed by atoms with van der Waals surface area (Å²) in [6, 6.07) is 5.64. The number of para-hydroxylation sites is 1. The van der Waals surface area contributed by atoms with Crippen molar-refractivity contribution in [3.05, 3.63) is 29.3 Å². The molecule has 0 unspecified atom stereocenters. The summed E-state index contributed by atoms with van der Waals surface area (Å²) in [6.07, 6.45) is 0.703. The van der Waals surface area contributed by atoms with Gasteiger partial charge in [0.2, 0.25) is 5.91 Å². The Bertz CT molecular complexity index is 438. The quantitative estimate of drug-likeness (QED) is 0.854. The first-order valence-corrected chi connectivity index (χ1v) is 6.98. The Balaban J connectivity index is 2.90. The smallest absolute Gasteiger partial charge is 0.241 e. The van der Waals surface area contributed by atoms with Gasteiger partial charge in [0.15, 0.2) is 0 Å². The molecule has 0 saturated heterocycles. The minimum absolute atomic E-state index is 0.0927. The molecular formula is C16H26N2O. The molecule has 0 aliphatic heterocycles. The fourth-order valence-electron chi connectivity index (χ4n) is 2.17.